The molecule has 0 radical (unpaired) electrons. The van der Waals surface area contributed by atoms with Gasteiger partial charge in [-0.25, -0.2) is 9.67 Å². The van der Waals surface area contributed by atoms with Crippen LogP contribution >= 0.6 is 11.8 Å². The Morgan fingerprint density at radius 3 is 2.85 bits per heavy atom. The van der Waals surface area contributed by atoms with Crippen LogP contribution < -0.4 is 5.32 Å². The Hall–Kier alpha value is -2.40. The fourth-order valence-electron chi connectivity index (χ4n) is 1.63. The van der Waals surface area contributed by atoms with E-state index >= 15 is 0 Å². The smallest absolute Gasteiger partial charge is 0.183 e. The van der Waals surface area contributed by atoms with Gasteiger partial charge in [0.2, 0.25) is 0 Å². The maximum absolute atomic E-state index is 8.69. The zero-order valence-corrected chi connectivity index (χ0v) is 12.1. The van der Waals surface area contributed by atoms with Crippen LogP contribution in [0.4, 0.5) is 5.69 Å². The number of hydrogen-bond acceptors (Lipinski definition) is 6. The van der Waals surface area contributed by atoms with Crippen LogP contribution in [-0.4, -0.2) is 31.6 Å². The van der Waals surface area contributed by atoms with E-state index in [1.54, 1.807) is 4.68 Å². The molecule has 2 aromatic rings. The highest BCUT2D eigenvalue weighted by Gasteiger charge is 2.07. The molecule has 0 aliphatic rings. The molecule has 0 atom stereocenters. The van der Waals surface area contributed by atoms with Crippen LogP contribution in [0.2, 0.25) is 0 Å². The van der Waals surface area contributed by atoms with Crippen molar-refractivity contribution >= 4 is 22.6 Å². The van der Waals surface area contributed by atoms with Crippen molar-refractivity contribution in [1.29, 1.82) is 5.26 Å². The van der Waals surface area contributed by atoms with E-state index in [-0.39, 0.29) is 0 Å². The number of rotatable bonds is 2. The lowest BCUT2D eigenvalue weighted by Crippen LogP contribution is -2.12. The van der Waals surface area contributed by atoms with Gasteiger partial charge in [-0.1, -0.05) is 11.8 Å². The number of nitrogens with one attached hydrogen (secondary N) is 1. The van der Waals surface area contributed by atoms with Gasteiger partial charge in [-0.2, -0.15) is 5.26 Å². The molecule has 0 saturated carbocycles. The molecular weight excluding hydrogens is 274 g/mol. The molecule has 8 heteroatoms. The number of aryl methyl sites for hydroxylation is 1. The maximum atomic E-state index is 8.69. The maximum Gasteiger partial charge on any atom is 0.183 e. The van der Waals surface area contributed by atoms with Crippen LogP contribution in [0.15, 0.2) is 23.5 Å². The first-order valence-electron chi connectivity index (χ1n) is 5.78. The molecule has 20 heavy (non-hydrogen) atoms. The van der Waals surface area contributed by atoms with Gasteiger partial charge in [-0.05, 0) is 53.8 Å². The number of aliphatic imine (C=N–C) groups is 1. The third-order valence-electron chi connectivity index (χ3n) is 2.82. The lowest BCUT2D eigenvalue weighted by atomic mass is 10.1. The number of hydrogen-bond donors (Lipinski definition) is 1. The molecule has 0 spiro atoms. The molecule has 0 aliphatic carbocycles. The fraction of sp³-hybridized carbons (Fsp3) is 0.250. The molecule has 0 saturated heterocycles. The Balaban J connectivity index is 2.50. The summed E-state index contributed by atoms with van der Waals surface area (Å²) in [5, 5.41) is 22.9. The minimum Gasteiger partial charge on any atom is -0.271 e. The Labute approximate surface area is 120 Å². The van der Waals surface area contributed by atoms with Gasteiger partial charge in [0.25, 0.3) is 0 Å². The Kier molecular flexibility index (Phi) is 4.32. The summed E-state index contributed by atoms with van der Waals surface area (Å²) in [5.41, 5.74) is 3.74. The van der Waals surface area contributed by atoms with E-state index in [1.807, 2.05) is 38.4 Å². The highest BCUT2D eigenvalue weighted by atomic mass is 32.2. The molecule has 102 valence electrons. The molecule has 0 unspecified atom stereocenters. The van der Waals surface area contributed by atoms with Crippen LogP contribution in [0.1, 0.15) is 11.1 Å². The third-order valence-corrected chi connectivity index (χ3v) is 3.40. The number of amidine groups is 1. The summed E-state index contributed by atoms with van der Waals surface area (Å²) in [6.07, 6.45) is 5.26. The zero-order valence-electron chi connectivity index (χ0n) is 11.3. The summed E-state index contributed by atoms with van der Waals surface area (Å²) in [6.45, 7) is 3.99. The second-order valence-electron chi connectivity index (χ2n) is 4.02. The molecular formula is C12H13N7S. The lowest BCUT2D eigenvalue weighted by Gasteiger charge is -2.09. The van der Waals surface area contributed by atoms with Gasteiger partial charge in [0.1, 0.15) is 6.33 Å². The fourth-order valence-corrected chi connectivity index (χ4v) is 1.97. The second kappa shape index (κ2) is 6.16. The summed E-state index contributed by atoms with van der Waals surface area (Å²) in [5.74, 6) is 0. The molecule has 1 aromatic carbocycles. The average Bonchev–Trinajstić information content (AvgIpc) is 2.97. The van der Waals surface area contributed by atoms with E-state index < -0.39 is 0 Å². The third kappa shape index (κ3) is 2.95. The highest BCUT2D eigenvalue weighted by Crippen LogP contribution is 2.26. The van der Waals surface area contributed by atoms with Crippen molar-refractivity contribution in [2.45, 2.75) is 13.8 Å². The summed E-state index contributed by atoms with van der Waals surface area (Å²) in [6, 6.07) is 3.87. The van der Waals surface area contributed by atoms with Gasteiger partial charge in [0.05, 0.1) is 11.4 Å². The lowest BCUT2D eigenvalue weighted by molar-refractivity contribution is 0.788. The van der Waals surface area contributed by atoms with Gasteiger partial charge in [-0.15, -0.1) is 5.10 Å². The monoisotopic (exact) mass is 287 g/mol. The molecule has 0 amide bonds. The average molecular weight is 287 g/mol. The summed E-state index contributed by atoms with van der Waals surface area (Å²) in [7, 11) is 0. The van der Waals surface area contributed by atoms with Gasteiger partial charge in [-0.3, -0.25) is 5.32 Å². The Morgan fingerprint density at radius 2 is 2.25 bits per heavy atom. The van der Waals surface area contributed by atoms with Crippen LogP contribution in [0.5, 0.6) is 0 Å². The van der Waals surface area contributed by atoms with Crippen molar-refractivity contribution in [3.05, 3.63) is 29.6 Å². The number of nitriles is 1. The number of benzene rings is 1. The minimum absolute atomic E-state index is 0.545. The van der Waals surface area contributed by atoms with E-state index in [1.165, 1.54) is 18.1 Å². The SMILES string of the molecule is CSC(=Nc1cc(-n2cnnn2)cc(C)c1C)NC#N. The Bertz CT molecular complexity index is 670. The number of tetrazole rings is 1. The predicted molar refractivity (Wildman–Crippen MR) is 78.0 cm³/mol. The van der Waals surface area contributed by atoms with Crippen molar-refractivity contribution in [2.75, 3.05) is 6.26 Å². The predicted octanol–water partition coefficient (Wildman–Crippen LogP) is 1.70. The molecule has 0 aliphatic heterocycles. The van der Waals surface area contributed by atoms with Gasteiger partial charge >= 0.3 is 0 Å². The van der Waals surface area contributed by atoms with E-state index in [4.69, 9.17) is 5.26 Å². The van der Waals surface area contributed by atoms with Crippen LogP contribution in [-0.2, 0) is 0 Å². The standard InChI is InChI=1S/C12H13N7S/c1-8-4-10(19-7-15-17-18-19)5-11(9(8)2)16-12(20-3)14-6-13/h4-5,7H,1-3H3,(H,14,16). The first kappa shape index (κ1) is 14.0. The molecule has 1 heterocycles. The largest absolute Gasteiger partial charge is 0.271 e. The van der Waals surface area contributed by atoms with Gasteiger partial charge in [0, 0.05) is 0 Å². The van der Waals surface area contributed by atoms with Gasteiger partial charge < -0.3 is 0 Å². The molecule has 0 bridgehead atoms. The van der Waals surface area contributed by atoms with E-state index in [0.717, 1.165) is 22.5 Å². The van der Waals surface area contributed by atoms with Crippen molar-refractivity contribution in [3.8, 4) is 11.9 Å². The number of nitrogens with zero attached hydrogens (tertiary/aromatic N) is 6. The number of aromatic nitrogens is 4. The molecule has 1 aromatic heterocycles. The molecule has 7 nitrogen and oxygen atoms in total. The van der Waals surface area contributed by atoms with Gasteiger partial charge in [0.15, 0.2) is 11.4 Å². The van der Waals surface area contributed by atoms with Crippen molar-refractivity contribution < 1.29 is 0 Å². The molecule has 1 N–H and O–H groups in total. The Morgan fingerprint density at radius 1 is 1.45 bits per heavy atom. The molecule has 2 rings (SSSR count). The minimum atomic E-state index is 0.545. The highest BCUT2D eigenvalue weighted by molar-refractivity contribution is 8.13. The van der Waals surface area contributed by atoms with E-state index in [2.05, 4.69) is 25.8 Å². The first-order valence-corrected chi connectivity index (χ1v) is 7.00. The van der Waals surface area contributed by atoms with Crippen molar-refractivity contribution in [3.63, 3.8) is 0 Å². The number of thioether (sulfide) groups is 1. The molecule has 0 fully saturated rings. The summed E-state index contributed by atoms with van der Waals surface area (Å²) in [4.78, 5) is 4.46. The van der Waals surface area contributed by atoms with Crippen LogP contribution in [0, 0.1) is 25.3 Å². The van der Waals surface area contributed by atoms with E-state index in [9.17, 15) is 0 Å². The van der Waals surface area contributed by atoms with Crippen LogP contribution in [0.25, 0.3) is 5.69 Å². The van der Waals surface area contributed by atoms with Crippen molar-refractivity contribution in [1.82, 2.24) is 25.5 Å². The topological polar surface area (TPSA) is 91.8 Å². The van der Waals surface area contributed by atoms with E-state index in [0.29, 0.717) is 5.17 Å². The summed E-state index contributed by atoms with van der Waals surface area (Å²) >= 11 is 1.38. The quantitative estimate of drug-likeness (QED) is 0.391. The second-order valence-corrected chi connectivity index (χ2v) is 4.81. The van der Waals surface area contributed by atoms with Crippen LogP contribution in [0.3, 0.4) is 0 Å². The first-order chi connectivity index (χ1) is 9.65. The summed E-state index contributed by atoms with van der Waals surface area (Å²) < 4.78 is 1.57. The zero-order chi connectivity index (χ0) is 14.5. The van der Waals surface area contributed by atoms with Crippen molar-refractivity contribution in [2.24, 2.45) is 4.99 Å². The normalized spacial score (nSPS) is 11.2.